The summed E-state index contributed by atoms with van der Waals surface area (Å²) in [5, 5.41) is 2.34. The second-order valence-corrected chi connectivity index (χ2v) is 7.47. The zero-order valence-corrected chi connectivity index (χ0v) is 13.0. The number of anilines is 1. The summed E-state index contributed by atoms with van der Waals surface area (Å²) in [7, 11) is -3.36. The van der Waals surface area contributed by atoms with E-state index < -0.39 is 33.5 Å². The van der Waals surface area contributed by atoms with E-state index in [9.17, 15) is 22.0 Å². The van der Waals surface area contributed by atoms with Crippen LogP contribution in [0.2, 0.25) is 0 Å². The summed E-state index contributed by atoms with van der Waals surface area (Å²) in [6.45, 7) is 1.99. The van der Waals surface area contributed by atoms with Gasteiger partial charge in [-0.3, -0.25) is 4.79 Å². The summed E-state index contributed by atoms with van der Waals surface area (Å²) >= 11 is 0. The summed E-state index contributed by atoms with van der Waals surface area (Å²) in [6.07, 6.45) is 1.07. The van der Waals surface area contributed by atoms with E-state index in [1.807, 2.05) is 0 Å². The first-order valence-corrected chi connectivity index (χ1v) is 8.68. The van der Waals surface area contributed by atoms with Crippen molar-refractivity contribution in [3.8, 4) is 0 Å². The van der Waals surface area contributed by atoms with Gasteiger partial charge in [-0.05, 0) is 31.9 Å². The van der Waals surface area contributed by atoms with Gasteiger partial charge in [0.1, 0.15) is 11.6 Å². The minimum absolute atomic E-state index is 0.0279. The lowest BCUT2D eigenvalue weighted by Gasteiger charge is -2.30. The normalized spacial score (nSPS) is 19.9. The fourth-order valence-electron chi connectivity index (χ4n) is 2.42. The minimum Gasteiger partial charge on any atom is -0.323 e. The van der Waals surface area contributed by atoms with Crippen molar-refractivity contribution in [2.75, 3.05) is 24.2 Å². The van der Waals surface area contributed by atoms with E-state index in [2.05, 4.69) is 5.32 Å². The van der Waals surface area contributed by atoms with Crippen LogP contribution in [0.5, 0.6) is 0 Å². The van der Waals surface area contributed by atoms with Crippen molar-refractivity contribution in [2.45, 2.75) is 19.8 Å². The number of nitrogens with one attached hydrogen (secondary N) is 1. The molecule has 1 amide bonds. The Balaban J connectivity index is 2.08. The van der Waals surface area contributed by atoms with Crippen molar-refractivity contribution in [3.63, 3.8) is 0 Å². The number of sulfonamides is 1. The molecular formula is C14H18F2N2O3S. The van der Waals surface area contributed by atoms with E-state index in [4.69, 9.17) is 0 Å². The number of hydrogen-bond donors (Lipinski definition) is 1. The molecule has 1 unspecified atom stereocenters. The van der Waals surface area contributed by atoms with Crippen molar-refractivity contribution in [1.29, 1.82) is 0 Å². The minimum atomic E-state index is -3.36. The molecule has 1 heterocycles. The monoisotopic (exact) mass is 332 g/mol. The Kier molecular flexibility index (Phi) is 5.12. The average molecular weight is 332 g/mol. The van der Waals surface area contributed by atoms with Gasteiger partial charge in [0.15, 0.2) is 0 Å². The van der Waals surface area contributed by atoms with Crippen LogP contribution in [0.3, 0.4) is 0 Å². The van der Waals surface area contributed by atoms with Gasteiger partial charge in [0.2, 0.25) is 15.9 Å². The van der Waals surface area contributed by atoms with Gasteiger partial charge in [-0.2, -0.15) is 0 Å². The molecule has 0 spiro atoms. The standard InChI is InChI=1S/C14H18F2N2O3S/c1-2-22(20,21)18-7-3-4-10(9-18)14(19)17-13-8-11(15)5-6-12(13)16/h5-6,8,10H,2-4,7,9H2,1H3,(H,17,19). The fraction of sp³-hybridized carbons (Fsp3) is 0.500. The molecule has 0 bridgehead atoms. The lowest BCUT2D eigenvalue weighted by Crippen LogP contribution is -2.44. The number of carbonyl (C=O) groups is 1. The van der Waals surface area contributed by atoms with Gasteiger partial charge in [0, 0.05) is 19.2 Å². The number of rotatable bonds is 4. The molecule has 1 N–H and O–H groups in total. The van der Waals surface area contributed by atoms with Crippen LogP contribution in [0.4, 0.5) is 14.5 Å². The molecule has 1 saturated heterocycles. The Hall–Kier alpha value is -1.54. The molecule has 1 fully saturated rings. The molecule has 5 nitrogen and oxygen atoms in total. The molecule has 1 atom stereocenters. The number of hydrogen-bond acceptors (Lipinski definition) is 3. The van der Waals surface area contributed by atoms with Crippen LogP contribution in [0.15, 0.2) is 18.2 Å². The first-order valence-electron chi connectivity index (χ1n) is 7.07. The summed E-state index contributed by atoms with van der Waals surface area (Å²) < 4.78 is 51.6. The summed E-state index contributed by atoms with van der Waals surface area (Å²) in [6, 6.07) is 2.79. The number of piperidine rings is 1. The Morgan fingerprint density at radius 2 is 2.14 bits per heavy atom. The highest BCUT2D eigenvalue weighted by Gasteiger charge is 2.31. The van der Waals surface area contributed by atoms with E-state index >= 15 is 0 Å². The second kappa shape index (κ2) is 6.70. The smallest absolute Gasteiger partial charge is 0.228 e. The molecule has 0 radical (unpaired) electrons. The Labute approximate surface area is 128 Å². The van der Waals surface area contributed by atoms with E-state index in [0.29, 0.717) is 19.4 Å². The summed E-state index contributed by atoms with van der Waals surface area (Å²) in [4.78, 5) is 12.2. The summed E-state index contributed by atoms with van der Waals surface area (Å²) in [5.41, 5.74) is -0.236. The molecule has 8 heteroatoms. The van der Waals surface area contributed by atoms with Crippen LogP contribution < -0.4 is 5.32 Å². The molecule has 22 heavy (non-hydrogen) atoms. The predicted octanol–water partition coefficient (Wildman–Crippen LogP) is 1.96. The van der Waals surface area contributed by atoms with Crippen molar-refractivity contribution in [3.05, 3.63) is 29.8 Å². The molecule has 2 rings (SSSR count). The number of benzene rings is 1. The van der Waals surface area contributed by atoms with Gasteiger partial charge in [-0.1, -0.05) is 0 Å². The maximum Gasteiger partial charge on any atom is 0.228 e. The third-order valence-corrected chi connectivity index (χ3v) is 5.55. The maximum absolute atomic E-state index is 13.5. The first kappa shape index (κ1) is 16.8. The molecule has 0 aliphatic carbocycles. The maximum atomic E-state index is 13.5. The predicted molar refractivity (Wildman–Crippen MR) is 78.7 cm³/mol. The van der Waals surface area contributed by atoms with E-state index in [0.717, 1.165) is 18.2 Å². The molecule has 1 aliphatic rings. The van der Waals surface area contributed by atoms with Crippen LogP contribution in [0, 0.1) is 17.6 Å². The molecule has 122 valence electrons. The third kappa shape index (κ3) is 3.80. The lowest BCUT2D eigenvalue weighted by molar-refractivity contribution is -0.120. The largest absolute Gasteiger partial charge is 0.323 e. The second-order valence-electron chi connectivity index (χ2n) is 5.21. The van der Waals surface area contributed by atoms with Gasteiger partial charge in [0.25, 0.3) is 0 Å². The van der Waals surface area contributed by atoms with Crippen molar-refractivity contribution in [1.82, 2.24) is 4.31 Å². The molecule has 0 aromatic heterocycles. The lowest BCUT2D eigenvalue weighted by atomic mass is 9.98. The quantitative estimate of drug-likeness (QED) is 0.917. The number of nitrogens with zero attached hydrogens (tertiary/aromatic N) is 1. The number of halogens is 2. The van der Waals surface area contributed by atoms with Crippen molar-refractivity contribution in [2.24, 2.45) is 5.92 Å². The van der Waals surface area contributed by atoms with Crippen LogP contribution in [-0.4, -0.2) is 37.5 Å². The number of amides is 1. The number of carbonyl (C=O) groups excluding carboxylic acids is 1. The van der Waals surface area contributed by atoms with Gasteiger partial charge in [-0.15, -0.1) is 0 Å². The topological polar surface area (TPSA) is 66.5 Å². The zero-order chi connectivity index (χ0) is 16.3. The van der Waals surface area contributed by atoms with Gasteiger partial charge >= 0.3 is 0 Å². The van der Waals surface area contributed by atoms with E-state index in [1.54, 1.807) is 6.92 Å². The van der Waals surface area contributed by atoms with Crippen molar-refractivity contribution < 1.29 is 22.0 Å². The van der Waals surface area contributed by atoms with Crippen LogP contribution >= 0.6 is 0 Å². The van der Waals surface area contributed by atoms with Crippen LogP contribution in [0.1, 0.15) is 19.8 Å². The van der Waals surface area contributed by atoms with Gasteiger partial charge in [-0.25, -0.2) is 21.5 Å². The SMILES string of the molecule is CCS(=O)(=O)N1CCCC(C(=O)Nc2cc(F)ccc2F)C1. The summed E-state index contributed by atoms with van der Waals surface area (Å²) in [5.74, 6) is -2.49. The highest BCUT2D eigenvalue weighted by molar-refractivity contribution is 7.89. The fourth-order valence-corrected chi connectivity index (χ4v) is 3.60. The molecular weight excluding hydrogens is 314 g/mol. The van der Waals surface area contributed by atoms with E-state index in [-0.39, 0.29) is 18.0 Å². The highest BCUT2D eigenvalue weighted by Crippen LogP contribution is 2.22. The zero-order valence-electron chi connectivity index (χ0n) is 12.2. The molecule has 1 aliphatic heterocycles. The van der Waals surface area contributed by atoms with E-state index in [1.165, 1.54) is 4.31 Å². The van der Waals surface area contributed by atoms with Crippen LogP contribution in [0.25, 0.3) is 0 Å². The Morgan fingerprint density at radius 3 is 2.82 bits per heavy atom. The molecule has 0 saturated carbocycles. The molecule has 1 aromatic carbocycles. The Bertz CT molecular complexity index is 664. The molecule has 1 aromatic rings. The first-order chi connectivity index (χ1) is 10.3. The van der Waals surface area contributed by atoms with Crippen molar-refractivity contribution >= 4 is 21.6 Å². The van der Waals surface area contributed by atoms with Crippen LogP contribution in [-0.2, 0) is 14.8 Å². The highest BCUT2D eigenvalue weighted by atomic mass is 32.2. The third-order valence-electron chi connectivity index (χ3n) is 3.70. The van der Waals surface area contributed by atoms with Gasteiger partial charge in [0.05, 0.1) is 17.4 Å². The average Bonchev–Trinajstić information content (AvgIpc) is 2.51. The Morgan fingerprint density at radius 1 is 1.41 bits per heavy atom. The van der Waals surface area contributed by atoms with Gasteiger partial charge < -0.3 is 5.32 Å².